The van der Waals surface area contributed by atoms with Gasteiger partial charge in [-0.25, -0.2) is 0 Å². The standard InChI is InChI=1S/C10H23N3O/c1-4-12-10(14)6-9-13(3)8-5-7-11-2/h11H,4-9H2,1-3H3,(H,12,14). The summed E-state index contributed by atoms with van der Waals surface area (Å²) in [7, 11) is 4.00. The zero-order chi connectivity index (χ0) is 10.8. The highest BCUT2D eigenvalue weighted by Gasteiger charge is 2.02. The zero-order valence-corrected chi connectivity index (χ0v) is 9.60. The maximum Gasteiger partial charge on any atom is 0.221 e. The van der Waals surface area contributed by atoms with Crippen molar-refractivity contribution in [1.82, 2.24) is 15.5 Å². The molecule has 0 rings (SSSR count). The van der Waals surface area contributed by atoms with Gasteiger partial charge in [-0.2, -0.15) is 0 Å². The van der Waals surface area contributed by atoms with Crippen LogP contribution in [0.25, 0.3) is 0 Å². The Morgan fingerprint density at radius 2 is 2.07 bits per heavy atom. The van der Waals surface area contributed by atoms with Crippen molar-refractivity contribution in [3.8, 4) is 0 Å². The fourth-order valence-electron chi connectivity index (χ4n) is 1.22. The Morgan fingerprint density at radius 1 is 1.36 bits per heavy atom. The van der Waals surface area contributed by atoms with Gasteiger partial charge in [-0.05, 0) is 40.5 Å². The van der Waals surface area contributed by atoms with E-state index in [4.69, 9.17) is 0 Å². The molecule has 0 saturated carbocycles. The molecule has 0 aliphatic heterocycles. The number of carbonyl (C=O) groups excluding carboxylic acids is 1. The zero-order valence-electron chi connectivity index (χ0n) is 9.60. The predicted octanol–water partition coefficient (Wildman–Crippen LogP) is 0.0539. The van der Waals surface area contributed by atoms with Gasteiger partial charge in [-0.1, -0.05) is 0 Å². The number of nitrogens with one attached hydrogen (secondary N) is 2. The fourth-order valence-corrected chi connectivity index (χ4v) is 1.22. The molecule has 0 fully saturated rings. The van der Waals surface area contributed by atoms with Crippen molar-refractivity contribution in [2.45, 2.75) is 19.8 Å². The topological polar surface area (TPSA) is 44.4 Å². The average Bonchev–Trinajstić information content (AvgIpc) is 2.16. The Balaban J connectivity index is 3.33. The summed E-state index contributed by atoms with van der Waals surface area (Å²) in [5.41, 5.74) is 0. The maximum absolute atomic E-state index is 11.1. The van der Waals surface area contributed by atoms with E-state index in [9.17, 15) is 4.79 Å². The van der Waals surface area contributed by atoms with Crippen molar-refractivity contribution < 1.29 is 4.79 Å². The molecule has 0 spiro atoms. The molecule has 14 heavy (non-hydrogen) atoms. The Hall–Kier alpha value is -0.610. The molecule has 0 aromatic carbocycles. The van der Waals surface area contributed by atoms with Crippen molar-refractivity contribution in [2.75, 3.05) is 40.3 Å². The van der Waals surface area contributed by atoms with Gasteiger partial charge in [-0.15, -0.1) is 0 Å². The number of nitrogens with zero attached hydrogens (tertiary/aromatic N) is 1. The second-order valence-corrected chi connectivity index (χ2v) is 3.46. The van der Waals surface area contributed by atoms with Crippen LogP contribution in [0.4, 0.5) is 0 Å². The molecule has 4 heteroatoms. The van der Waals surface area contributed by atoms with Crippen LogP contribution >= 0.6 is 0 Å². The van der Waals surface area contributed by atoms with Crippen LogP contribution in [0.1, 0.15) is 19.8 Å². The fraction of sp³-hybridized carbons (Fsp3) is 0.900. The largest absolute Gasteiger partial charge is 0.356 e. The third-order valence-corrected chi connectivity index (χ3v) is 2.06. The van der Waals surface area contributed by atoms with Crippen LogP contribution in [0.5, 0.6) is 0 Å². The monoisotopic (exact) mass is 201 g/mol. The highest BCUT2D eigenvalue weighted by Crippen LogP contribution is 1.89. The molecule has 0 aliphatic carbocycles. The number of hydrogen-bond acceptors (Lipinski definition) is 3. The van der Waals surface area contributed by atoms with E-state index in [1.807, 2.05) is 14.0 Å². The highest BCUT2D eigenvalue weighted by molar-refractivity contribution is 5.75. The van der Waals surface area contributed by atoms with E-state index in [0.29, 0.717) is 6.42 Å². The van der Waals surface area contributed by atoms with Gasteiger partial charge < -0.3 is 15.5 Å². The van der Waals surface area contributed by atoms with Gasteiger partial charge in [0.15, 0.2) is 0 Å². The van der Waals surface area contributed by atoms with E-state index in [0.717, 1.165) is 32.6 Å². The third kappa shape index (κ3) is 8.01. The molecule has 0 aliphatic rings. The lowest BCUT2D eigenvalue weighted by Crippen LogP contribution is -2.29. The first-order valence-corrected chi connectivity index (χ1v) is 5.30. The first kappa shape index (κ1) is 13.4. The van der Waals surface area contributed by atoms with E-state index in [-0.39, 0.29) is 5.91 Å². The second kappa shape index (κ2) is 8.97. The predicted molar refractivity (Wildman–Crippen MR) is 59.3 cm³/mol. The normalized spacial score (nSPS) is 10.6. The van der Waals surface area contributed by atoms with Crippen LogP contribution < -0.4 is 10.6 Å². The van der Waals surface area contributed by atoms with Crippen LogP contribution in [-0.4, -0.2) is 51.1 Å². The maximum atomic E-state index is 11.1. The molecule has 0 radical (unpaired) electrons. The second-order valence-electron chi connectivity index (χ2n) is 3.46. The molecule has 0 heterocycles. The van der Waals surface area contributed by atoms with Crippen LogP contribution in [0, 0.1) is 0 Å². The Bertz CT molecular complexity index is 150. The van der Waals surface area contributed by atoms with E-state index in [1.165, 1.54) is 0 Å². The van der Waals surface area contributed by atoms with Crippen LogP contribution in [0.2, 0.25) is 0 Å². The van der Waals surface area contributed by atoms with E-state index < -0.39 is 0 Å². The minimum Gasteiger partial charge on any atom is -0.356 e. The Morgan fingerprint density at radius 3 is 2.64 bits per heavy atom. The van der Waals surface area contributed by atoms with Crippen LogP contribution in [0.3, 0.4) is 0 Å². The van der Waals surface area contributed by atoms with Crippen LogP contribution in [-0.2, 0) is 4.79 Å². The number of hydrogen-bond donors (Lipinski definition) is 2. The third-order valence-electron chi connectivity index (χ3n) is 2.06. The summed E-state index contributed by atoms with van der Waals surface area (Å²) >= 11 is 0. The summed E-state index contributed by atoms with van der Waals surface area (Å²) in [4.78, 5) is 13.3. The van der Waals surface area contributed by atoms with Gasteiger partial charge in [0.1, 0.15) is 0 Å². The number of carbonyl (C=O) groups is 1. The van der Waals surface area contributed by atoms with Gasteiger partial charge in [0.25, 0.3) is 0 Å². The lowest BCUT2D eigenvalue weighted by molar-refractivity contribution is -0.121. The molecular weight excluding hydrogens is 178 g/mol. The lowest BCUT2D eigenvalue weighted by atomic mass is 10.3. The summed E-state index contributed by atoms with van der Waals surface area (Å²) in [6, 6.07) is 0. The molecule has 4 nitrogen and oxygen atoms in total. The van der Waals surface area contributed by atoms with Gasteiger partial charge in [-0.3, -0.25) is 4.79 Å². The average molecular weight is 201 g/mol. The van der Waals surface area contributed by atoms with Crippen molar-refractivity contribution in [3.63, 3.8) is 0 Å². The van der Waals surface area contributed by atoms with Crippen molar-refractivity contribution >= 4 is 5.91 Å². The molecule has 0 saturated heterocycles. The number of rotatable bonds is 8. The number of amides is 1. The van der Waals surface area contributed by atoms with Gasteiger partial charge in [0.2, 0.25) is 5.91 Å². The molecule has 0 bridgehead atoms. The summed E-state index contributed by atoms with van der Waals surface area (Å²) in [6.45, 7) is 5.58. The summed E-state index contributed by atoms with van der Waals surface area (Å²) < 4.78 is 0. The van der Waals surface area contributed by atoms with Gasteiger partial charge in [0.05, 0.1) is 0 Å². The molecule has 84 valence electrons. The summed E-state index contributed by atoms with van der Waals surface area (Å²) in [5.74, 6) is 0.146. The molecule has 2 N–H and O–H groups in total. The molecular formula is C10H23N3O. The van der Waals surface area contributed by atoms with Gasteiger partial charge in [0, 0.05) is 19.5 Å². The smallest absolute Gasteiger partial charge is 0.221 e. The van der Waals surface area contributed by atoms with E-state index in [1.54, 1.807) is 0 Å². The molecule has 0 aromatic heterocycles. The first-order valence-electron chi connectivity index (χ1n) is 5.30. The lowest BCUT2D eigenvalue weighted by Gasteiger charge is -2.15. The van der Waals surface area contributed by atoms with Crippen molar-refractivity contribution in [2.24, 2.45) is 0 Å². The Labute approximate surface area is 87.0 Å². The Kier molecular flexibility index (Phi) is 8.57. The van der Waals surface area contributed by atoms with Crippen molar-refractivity contribution in [3.05, 3.63) is 0 Å². The van der Waals surface area contributed by atoms with Gasteiger partial charge >= 0.3 is 0 Å². The first-order chi connectivity index (χ1) is 6.70. The van der Waals surface area contributed by atoms with Crippen molar-refractivity contribution in [1.29, 1.82) is 0 Å². The summed E-state index contributed by atoms with van der Waals surface area (Å²) in [5, 5.41) is 5.89. The molecule has 1 amide bonds. The quantitative estimate of drug-likeness (QED) is 0.546. The minimum absolute atomic E-state index is 0.146. The SMILES string of the molecule is CCNC(=O)CCN(C)CCCNC. The minimum atomic E-state index is 0.146. The van der Waals surface area contributed by atoms with E-state index in [2.05, 4.69) is 22.6 Å². The molecule has 0 atom stereocenters. The molecule has 0 unspecified atom stereocenters. The highest BCUT2D eigenvalue weighted by atomic mass is 16.1. The molecule has 0 aromatic rings. The van der Waals surface area contributed by atoms with E-state index >= 15 is 0 Å². The van der Waals surface area contributed by atoms with Crippen LogP contribution in [0.15, 0.2) is 0 Å². The summed E-state index contributed by atoms with van der Waals surface area (Å²) in [6.07, 6.45) is 1.73.